The van der Waals surface area contributed by atoms with Gasteiger partial charge in [-0.3, -0.25) is 14.9 Å². The lowest BCUT2D eigenvalue weighted by Crippen LogP contribution is -2.61. The van der Waals surface area contributed by atoms with Gasteiger partial charge in [0.2, 0.25) is 0 Å². The molecule has 30 heavy (non-hydrogen) atoms. The number of nitrogens with one attached hydrogen (secondary N) is 2. The fourth-order valence-corrected chi connectivity index (χ4v) is 4.46. The van der Waals surface area contributed by atoms with Crippen LogP contribution in [0.15, 0.2) is 12.2 Å². The number of fused-ring (bicyclic) bond motifs is 2. The largest absolute Gasteiger partial charge is 0.445 e. The highest BCUT2D eigenvalue weighted by Crippen LogP contribution is 2.26. The van der Waals surface area contributed by atoms with Crippen LogP contribution >= 0.6 is 0 Å². The summed E-state index contributed by atoms with van der Waals surface area (Å²) >= 11 is 0. The number of Topliss-reactive ketones (excluding diaryl/α,β-unsaturated/α-hetero) is 2. The van der Waals surface area contributed by atoms with Gasteiger partial charge in [0, 0.05) is 25.0 Å². The van der Waals surface area contributed by atoms with E-state index in [2.05, 4.69) is 10.6 Å². The monoisotopic (exact) mass is 421 g/mol. The molecule has 2 aliphatic heterocycles. The molecule has 0 radical (unpaired) electrons. The van der Waals surface area contributed by atoms with Gasteiger partial charge in [0.05, 0.1) is 17.6 Å². The first kappa shape index (κ1) is 24.5. The maximum Gasteiger partial charge on any atom is 0.410 e. The van der Waals surface area contributed by atoms with E-state index in [0.717, 1.165) is 19.3 Å². The predicted molar refractivity (Wildman–Crippen MR) is 117 cm³/mol. The fourth-order valence-electron chi connectivity index (χ4n) is 4.46. The van der Waals surface area contributed by atoms with Gasteiger partial charge in [0.15, 0.2) is 11.6 Å². The van der Waals surface area contributed by atoms with Crippen molar-refractivity contribution < 1.29 is 19.1 Å². The van der Waals surface area contributed by atoms with Crippen molar-refractivity contribution in [1.82, 2.24) is 15.5 Å². The van der Waals surface area contributed by atoms with Gasteiger partial charge in [0.1, 0.15) is 6.61 Å². The Balaban J connectivity index is 2.27. The number of rotatable bonds is 4. The molecule has 7 nitrogen and oxygen atoms in total. The van der Waals surface area contributed by atoms with Crippen LogP contribution < -0.4 is 10.6 Å². The zero-order chi connectivity index (χ0) is 22.4. The Kier molecular flexibility index (Phi) is 8.62. The standard InChI is InChI=1S/C23H39N3O4/c1-17(2)20(28)22(5)11-9-7-6-8-10-14-30-21(29)26-13-12-23(16-26,25-18(3)4)19(27)15-24-22/h8,10,17-18,24-25H,6-7,9,11-16H2,1-5H3/t22-,23-/m0/s1. The summed E-state index contributed by atoms with van der Waals surface area (Å²) in [5.41, 5.74) is -1.56. The topological polar surface area (TPSA) is 87.7 Å². The Morgan fingerprint density at radius 1 is 1.17 bits per heavy atom. The predicted octanol–water partition coefficient (Wildman–Crippen LogP) is 2.84. The summed E-state index contributed by atoms with van der Waals surface area (Å²) in [6.07, 6.45) is 7.40. The number of carbonyl (C=O) groups excluding carboxylic acids is 3. The number of ether oxygens (including phenoxy) is 1. The van der Waals surface area contributed by atoms with Gasteiger partial charge in [-0.2, -0.15) is 0 Å². The molecule has 0 saturated carbocycles. The molecule has 7 heteroatoms. The number of ketones is 2. The van der Waals surface area contributed by atoms with E-state index in [1.165, 1.54) is 0 Å². The smallest absolute Gasteiger partial charge is 0.410 e. The summed E-state index contributed by atoms with van der Waals surface area (Å²) < 4.78 is 5.35. The SMILES string of the molecule is CC(C)N[C@@]12CCN(C1)C(=O)OCC=CCCCC[C@@](C)(C(=O)C(C)C)NCC2=O. The summed E-state index contributed by atoms with van der Waals surface area (Å²) in [7, 11) is 0. The van der Waals surface area contributed by atoms with Crippen LogP contribution in [0.25, 0.3) is 0 Å². The lowest BCUT2D eigenvalue weighted by Gasteiger charge is -2.35. The quantitative estimate of drug-likeness (QED) is 0.679. The van der Waals surface area contributed by atoms with Crippen molar-refractivity contribution >= 4 is 17.7 Å². The maximum atomic E-state index is 13.4. The van der Waals surface area contributed by atoms with Crippen molar-refractivity contribution in [2.75, 3.05) is 26.2 Å². The number of allylic oxidation sites excluding steroid dienone is 1. The minimum atomic E-state index is -0.825. The molecule has 0 unspecified atom stereocenters. The maximum absolute atomic E-state index is 13.4. The van der Waals surface area contributed by atoms with Crippen LogP contribution in [0.2, 0.25) is 0 Å². The summed E-state index contributed by atoms with van der Waals surface area (Å²) in [5.74, 6) is 0.0123. The van der Waals surface area contributed by atoms with Gasteiger partial charge in [-0.15, -0.1) is 0 Å². The van der Waals surface area contributed by atoms with Gasteiger partial charge in [-0.05, 0) is 46.5 Å². The molecule has 2 heterocycles. The number of cyclic esters (lactones) is 1. The molecule has 1 saturated heterocycles. The van der Waals surface area contributed by atoms with Crippen LogP contribution in [-0.2, 0) is 14.3 Å². The molecule has 2 aliphatic rings. The minimum Gasteiger partial charge on any atom is -0.445 e. The van der Waals surface area contributed by atoms with Crippen LogP contribution in [0.4, 0.5) is 4.79 Å². The lowest BCUT2D eigenvalue weighted by atomic mass is 9.83. The molecule has 2 bridgehead atoms. The second-order valence-corrected chi connectivity index (χ2v) is 9.47. The highest BCUT2D eigenvalue weighted by atomic mass is 16.6. The van der Waals surface area contributed by atoms with Crippen molar-refractivity contribution in [1.29, 1.82) is 0 Å². The van der Waals surface area contributed by atoms with Crippen molar-refractivity contribution in [2.24, 2.45) is 5.92 Å². The van der Waals surface area contributed by atoms with E-state index < -0.39 is 11.1 Å². The summed E-state index contributed by atoms with van der Waals surface area (Å²) in [4.78, 5) is 40.4. The van der Waals surface area contributed by atoms with Gasteiger partial charge in [-0.1, -0.05) is 32.4 Å². The molecule has 2 atom stereocenters. The number of carbonyl (C=O) groups is 3. The Hall–Kier alpha value is -1.73. The second kappa shape index (κ2) is 10.5. The molecular formula is C23H39N3O4. The van der Waals surface area contributed by atoms with Crippen LogP contribution in [0, 0.1) is 5.92 Å². The van der Waals surface area contributed by atoms with Gasteiger partial charge in [0.25, 0.3) is 0 Å². The highest BCUT2D eigenvalue weighted by Gasteiger charge is 2.47. The zero-order valence-electron chi connectivity index (χ0n) is 19.3. The molecule has 170 valence electrons. The van der Waals surface area contributed by atoms with E-state index in [-0.39, 0.29) is 49.3 Å². The summed E-state index contributed by atoms with van der Waals surface area (Å²) in [6.45, 7) is 10.8. The van der Waals surface area contributed by atoms with E-state index in [9.17, 15) is 14.4 Å². The van der Waals surface area contributed by atoms with Crippen LogP contribution in [0.1, 0.15) is 66.7 Å². The molecule has 0 aromatic heterocycles. The van der Waals surface area contributed by atoms with E-state index >= 15 is 0 Å². The molecule has 1 fully saturated rings. The van der Waals surface area contributed by atoms with E-state index in [0.29, 0.717) is 19.4 Å². The van der Waals surface area contributed by atoms with E-state index in [1.54, 1.807) is 4.90 Å². The van der Waals surface area contributed by atoms with Crippen LogP contribution in [0.3, 0.4) is 0 Å². The third-order valence-corrected chi connectivity index (χ3v) is 6.10. The van der Waals surface area contributed by atoms with Gasteiger partial charge in [-0.25, -0.2) is 4.79 Å². The fraction of sp³-hybridized carbons (Fsp3) is 0.783. The minimum absolute atomic E-state index is 0.0127. The summed E-state index contributed by atoms with van der Waals surface area (Å²) in [5, 5.41) is 6.71. The van der Waals surface area contributed by atoms with Gasteiger partial charge < -0.3 is 15.0 Å². The first-order valence-corrected chi connectivity index (χ1v) is 11.3. The molecule has 2 rings (SSSR count). The summed E-state index contributed by atoms with van der Waals surface area (Å²) in [6, 6.07) is 0.0853. The molecule has 0 aliphatic carbocycles. The number of hydrogen-bond acceptors (Lipinski definition) is 6. The molecule has 0 aromatic carbocycles. The first-order valence-electron chi connectivity index (χ1n) is 11.3. The second-order valence-electron chi connectivity index (χ2n) is 9.47. The third-order valence-electron chi connectivity index (χ3n) is 6.10. The Bertz CT molecular complexity index is 661. The first-order chi connectivity index (χ1) is 14.1. The third kappa shape index (κ3) is 6.14. The normalized spacial score (nSPS) is 29.5. The van der Waals surface area contributed by atoms with Crippen LogP contribution in [-0.4, -0.2) is 65.9 Å². The van der Waals surface area contributed by atoms with Crippen molar-refractivity contribution in [3.63, 3.8) is 0 Å². The molecule has 0 spiro atoms. The molecular weight excluding hydrogens is 382 g/mol. The van der Waals surface area contributed by atoms with Crippen LogP contribution in [0.5, 0.6) is 0 Å². The Morgan fingerprint density at radius 3 is 2.57 bits per heavy atom. The molecule has 0 aromatic rings. The molecule has 1 amide bonds. The Morgan fingerprint density at radius 2 is 1.90 bits per heavy atom. The zero-order valence-corrected chi connectivity index (χ0v) is 19.3. The van der Waals surface area contributed by atoms with Gasteiger partial charge >= 0.3 is 6.09 Å². The number of hydrogen-bond donors (Lipinski definition) is 2. The average molecular weight is 422 g/mol. The molecule has 2 N–H and O–H groups in total. The lowest BCUT2D eigenvalue weighted by molar-refractivity contribution is -0.129. The van der Waals surface area contributed by atoms with Crippen molar-refractivity contribution in [2.45, 2.75) is 83.8 Å². The van der Waals surface area contributed by atoms with Crippen molar-refractivity contribution in [3.05, 3.63) is 12.2 Å². The number of amides is 1. The van der Waals surface area contributed by atoms with E-state index in [1.807, 2.05) is 46.8 Å². The highest BCUT2D eigenvalue weighted by molar-refractivity contribution is 5.94. The number of nitrogens with zero attached hydrogens (tertiary/aromatic N) is 1. The van der Waals surface area contributed by atoms with E-state index in [4.69, 9.17) is 4.74 Å². The van der Waals surface area contributed by atoms with Crippen molar-refractivity contribution in [3.8, 4) is 0 Å². The Labute approximate surface area is 181 Å². The average Bonchev–Trinajstić information content (AvgIpc) is 3.11.